The lowest BCUT2D eigenvalue weighted by Crippen LogP contribution is -2.16. The monoisotopic (exact) mass is 301 g/mol. The summed E-state index contributed by atoms with van der Waals surface area (Å²) >= 11 is 3.08. The number of thioether (sulfide) groups is 1. The van der Waals surface area contributed by atoms with E-state index < -0.39 is 0 Å². The fourth-order valence-corrected chi connectivity index (χ4v) is 3.78. The topological polar surface area (TPSA) is 58.4 Å². The van der Waals surface area contributed by atoms with E-state index in [0.717, 1.165) is 29.4 Å². The molecule has 0 atom stereocenters. The Hall–Kier alpha value is -0.720. The molecular weight excluding hydrogens is 278 g/mol. The molecule has 0 saturated carbocycles. The maximum Gasteiger partial charge on any atom is 0.174 e. The van der Waals surface area contributed by atoms with Gasteiger partial charge in [-0.1, -0.05) is 6.92 Å². The highest BCUT2D eigenvalue weighted by atomic mass is 32.2. The molecule has 0 saturated heterocycles. The Kier molecular flexibility index (Phi) is 6.68. The second-order valence-corrected chi connectivity index (χ2v) is 6.40. The molecule has 6 heteroatoms. The van der Waals surface area contributed by atoms with Gasteiger partial charge in [-0.3, -0.25) is 4.79 Å². The fourth-order valence-electron chi connectivity index (χ4n) is 1.71. The highest BCUT2D eigenvalue weighted by molar-refractivity contribution is 7.99. The Morgan fingerprint density at radius 1 is 1.47 bits per heavy atom. The Bertz CT molecular complexity index is 430. The Morgan fingerprint density at radius 2 is 2.16 bits per heavy atom. The maximum absolute atomic E-state index is 11.8. The minimum Gasteiger partial charge on any atom is -0.396 e. The second kappa shape index (κ2) is 7.77. The average molecular weight is 301 g/mol. The normalized spacial score (nSPS) is 11.0. The zero-order valence-electron chi connectivity index (χ0n) is 12.1. The number of anilines is 2. The zero-order valence-corrected chi connectivity index (χ0v) is 13.7. The number of carbonyl (C=O) groups excluding carboxylic acids is 1. The number of nitrogen functional groups attached to an aromatic ring is 1. The molecule has 108 valence electrons. The summed E-state index contributed by atoms with van der Waals surface area (Å²) < 4.78 is 0. The van der Waals surface area contributed by atoms with Crippen LogP contribution in [0.3, 0.4) is 0 Å². The molecule has 1 aromatic heterocycles. The summed E-state index contributed by atoms with van der Waals surface area (Å²) in [6, 6.07) is 0. The van der Waals surface area contributed by atoms with Gasteiger partial charge in [0.15, 0.2) is 5.78 Å². The highest BCUT2D eigenvalue weighted by Crippen LogP contribution is 2.42. The van der Waals surface area contributed by atoms with E-state index in [-0.39, 0.29) is 5.78 Å². The van der Waals surface area contributed by atoms with Crippen LogP contribution in [0.5, 0.6) is 0 Å². The number of thiophene rings is 1. The smallest absolute Gasteiger partial charge is 0.174 e. The van der Waals surface area contributed by atoms with Crippen molar-refractivity contribution in [1.29, 1.82) is 0 Å². The predicted molar refractivity (Wildman–Crippen MR) is 86.8 cm³/mol. The lowest BCUT2D eigenvalue weighted by Gasteiger charge is -2.10. The van der Waals surface area contributed by atoms with E-state index in [1.807, 2.05) is 13.2 Å². The van der Waals surface area contributed by atoms with Crippen LogP contribution >= 0.6 is 23.1 Å². The summed E-state index contributed by atoms with van der Waals surface area (Å²) in [5, 5.41) is 4.43. The van der Waals surface area contributed by atoms with Gasteiger partial charge in [-0.25, -0.2) is 0 Å². The van der Waals surface area contributed by atoms with Gasteiger partial charge < -0.3 is 16.0 Å². The third-order valence-electron chi connectivity index (χ3n) is 2.75. The van der Waals surface area contributed by atoms with Crippen LogP contribution in [0.25, 0.3) is 0 Å². The van der Waals surface area contributed by atoms with Crippen molar-refractivity contribution in [1.82, 2.24) is 4.90 Å². The number of Topliss-reactive ketones (excluding diaryl/α,β-unsaturated/α-hetero) is 1. The van der Waals surface area contributed by atoms with Crippen molar-refractivity contribution < 1.29 is 4.79 Å². The van der Waals surface area contributed by atoms with Gasteiger partial charge in [0, 0.05) is 13.0 Å². The van der Waals surface area contributed by atoms with E-state index in [0.29, 0.717) is 17.0 Å². The van der Waals surface area contributed by atoms with Crippen LogP contribution in [0.1, 0.15) is 29.4 Å². The third kappa shape index (κ3) is 4.40. The molecule has 0 bridgehead atoms. The summed E-state index contributed by atoms with van der Waals surface area (Å²) in [5.74, 6) is 0.124. The molecule has 0 aliphatic carbocycles. The Labute approximate surface area is 123 Å². The van der Waals surface area contributed by atoms with E-state index in [9.17, 15) is 4.79 Å². The van der Waals surface area contributed by atoms with Crippen molar-refractivity contribution in [2.75, 3.05) is 44.5 Å². The molecule has 0 fully saturated rings. The second-order valence-electron chi connectivity index (χ2n) is 4.57. The maximum atomic E-state index is 11.8. The molecule has 1 heterocycles. The van der Waals surface area contributed by atoms with Crippen LogP contribution in [0.2, 0.25) is 0 Å². The molecule has 0 aliphatic rings. The summed E-state index contributed by atoms with van der Waals surface area (Å²) in [5.41, 5.74) is 6.70. The first-order valence-electron chi connectivity index (χ1n) is 6.39. The lowest BCUT2D eigenvalue weighted by molar-refractivity contribution is 0.0992. The largest absolute Gasteiger partial charge is 0.396 e. The summed E-state index contributed by atoms with van der Waals surface area (Å²) in [6.45, 7) is 3.80. The minimum atomic E-state index is 0.124. The molecule has 0 aromatic carbocycles. The first-order valence-corrected chi connectivity index (χ1v) is 8.43. The summed E-state index contributed by atoms with van der Waals surface area (Å²) in [6.07, 6.45) is 3.55. The van der Waals surface area contributed by atoms with Gasteiger partial charge in [-0.2, -0.15) is 0 Å². The highest BCUT2D eigenvalue weighted by Gasteiger charge is 2.19. The SMILES string of the molecule is CCC(=O)c1sc(NCCCN(C)C)c(SC)c1N. The number of nitrogens with one attached hydrogen (secondary N) is 1. The van der Waals surface area contributed by atoms with Crippen LogP contribution in [0.15, 0.2) is 4.90 Å². The van der Waals surface area contributed by atoms with Crippen molar-refractivity contribution in [2.24, 2.45) is 0 Å². The molecule has 0 radical (unpaired) electrons. The number of rotatable bonds is 8. The van der Waals surface area contributed by atoms with Crippen molar-refractivity contribution >= 4 is 39.6 Å². The molecule has 1 aromatic rings. The van der Waals surface area contributed by atoms with Crippen molar-refractivity contribution in [2.45, 2.75) is 24.7 Å². The Morgan fingerprint density at radius 3 is 2.68 bits per heavy atom. The molecule has 0 amide bonds. The van der Waals surface area contributed by atoms with Gasteiger partial charge in [0.1, 0.15) is 5.00 Å². The molecule has 0 unspecified atom stereocenters. The molecule has 19 heavy (non-hydrogen) atoms. The number of nitrogens with two attached hydrogens (primary N) is 1. The van der Waals surface area contributed by atoms with E-state index >= 15 is 0 Å². The number of carbonyl (C=O) groups is 1. The van der Waals surface area contributed by atoms with Crippen molar-refractivity contribution in [3.63, 3.8) is 0 Å². The van der Waals surface area contributed by atoms with Gasteiger partial charge >= 0.3 is 0 Å². The number of nitrogens with zero attached hydrogens (tertiary/aromatic N) is 1. The number of hydrogen-bond donors (Lipinski definition) is 2. The average Bonchev–Trinajstić information content (AvgIpc) is 2.70. The van der Waals surface area contributed by atoms with Gasteiger partial charge in [0.2, 0.25) is 0 Å². The quantitative estimate of drug-likeness (QED) is 0.439. The lowest BCUT2D eigenvalue weighted by atomic mass is 10.2. The van der Waals surface area contributed by atoms with Crippen LogP contribution in [-0.2, 0) is 0 Å². The van der Waals surface area contributed by atoms with Crippen LogP contribution in [0.4, 0.5) is 10.7 Å². The minimum absolute atomic E-state index is 0.124. The summed E-state index contributed by atoms with van der Waals surface area (Å²) in [7, 11) is 4.13. The van der Waals surface area contributed by atoms with Crippen LogP contribution in [-0.4, -0.2) is 44.1 Å². The third-order valence-corrected chi connectivity index (χ3v) is 4.91. The number of hydrogen-bond acceptors (Lipinski definition) is 6. The van der Waals surface area contributed by atoms with Gasteiger partial charge in [-0.15, -0.1) is 23.1 Å². The molecular formula is C13H23N3OS2. The van der Waals surface area contributed by atoms with Gasteiger partial charge in [-0.05, 0) is 33.3 Å². The number of ketones is 1. The molecule has 0 aliphatic heterocycles. The molecule has 1 rings (SSSR count). The van der Waals surface area contributed by atoms with E-state index in [1.165, 1.54) is 11.3 Å². The predicted octanol–water partition coefficient (Wildman–Crippen LogP) is 3.01. The molecule has 4 nitrogen and oxygen atoms in total. The van der Waals surface area contributed by atoms with Crippen molar-refractivity contribution in [3.05, 3.63) is 4.88 Å². The van der Waals surface area contributed by atoms with E-state index in [1.54, 1.807) is 11.8 Å². The van der Waals surface area contributed by atoms with Gasteiger partial charge in [0.25, 0.3) is 0 Å². The zero-order chi connectivity index (χ0) is 14.4. The first kappa shape index (κ1) is 16.3. The van der Waals surface area contributed by atoms with Crippen LogP contribution in [0, 0.1) is 0 Å². The fraction of sp³-hybridized carbons (Fsp3) is 0.615. The summed E-state index contributed by atoms with van der Waals surface area (Å²) in [4.78, 5) is 15.7. The first-order chi connectivity index (χ1) is 9.01. The standard InChI is InChI=1S/C13H23N3OS2/c1-5-9(17)11-10(14)12(18-4)13(19-11)15-7-6-8-16(2)3/h15H,5-8,14H2,1-4H3. The van der Waals surface area contributed by atoms with Gasteiger partial charge in [0.05, 0.1) is 15.5 Å². The molecule has 0 spiro atoms. The Balaban J connectivity index is 2.74. The van der Waals surface area contributed by atoms with E-state index in [4.69, 9.17) is 5.73 Å². The molecule has 3 N–H and O–H groups in total. The van der Waals surface area contributed by atoms with E-state index in [2.05, 4.69) is 24.3 Å². The van der Waals surface area contributed by atoms with Crippen LogP contribution < -0.4 is 11.1 Å². The van der Waals surface area contributed by atoms with Crippen molar-refractivity contribution in [3.8, 4) is 0 Å².